The summed E-state index contributed by atoms with van der Waals surface area (Å²) in [6.07, 6.45) is 2.89. The lowest BCUT2D eigenvalue weighted by molar-refractivity contribution is -0.116. The molecule has 0 radical (unpaired) electrons. The van der Waals surface area contributed by atoms with Gasteiger partial charge in [-0.05, 0) is 48.6 Å². The van der Waals surface area contributed by atoms with E-state index in [2.05, 4.69) is 5.32 Å². The van der Waals surface area contributed by atoms with Gasteiger partial charge in [-0.1, -0.05) is 32.0 Å². The Labute approximate surface area is 166 Å². The third-order valence-corrected chi connectivity index (χ3v) is 7.05. The van der Waals surface area contributed by atoms with Gasteiger partial charge in [0, 0.05) is 30.1 Å². The van der Waals surface area contributed by atoms with Gasteiger partial charge in [-0.15, -0.1) is 11.8 Å². The average Bonchev–Trinajstić information content (AvgIpc) is 2.67. The molecule has 0 atom stereocenters. The smallest absolute Gasteiger partial charge is 0.243 e. The molecule has 7 heteroatoms. The van der Waals surface area contributed by atoms with Crippen molar-refractivity contribution in [3.05, 3.63) is 54.1 Å². The van der Waals surface area contributed by atoms with Crippen LogP contribution in [0.15, 0.2) is 58.3 Å². The summed E-state index contributed by atoms with van der Waals surface area (Å²) in [6.45, 7) is 4.53. The monoisotopic (exact) mass is 406 g/mol. The van der Waals surface area contributed by atoms with Crippen LogP contribution < -0.4 is 5.32 Å². The molecule has 0 heterocycles. The number of anilines is 1. The van der Waals surface area contributed by atoms with Crippen LogP contribution in [0, 0.1) is 0 Å². The van der Waals surface area contributed by atoms with Crippen molar-refractivity contribution in [1.29, 1.82) is 0 Å². The van der Waals surface area contributed by atoms with Crippen molar-refractivity contribution >= 4 is 33.4 Å². The van der Waals surface area contributed by atoms with Crippen molar-refractivity contribution in [3.8, 4) is 0 Å². The predicted molar refractivity (Wildman–Crippen MR) is 112 cm³/mol. The summed E-state index contributed by atoms with van der Waals surface area (Å²) >= 11 is 1.62. The highest BCUT2D eigenvalue weighted by Crippen LogP contribution is 2.20. The molecular formula is C20H26N2O3S2. The number of carbonyl (C=O) groups is 1. The maximum Gasteiger partial charge on any atom is 0.243 e. The van der Waals surface area contributed by atoms with E-state index in [1.807, 2.05) is 44.4 Å². The van der Waals surface area contributed by atoms with Gasteiger partial charge in [0.05, 0.1) is 4.90 Å². The zero-order valence-corrected chi connectivity index (χ0v) is 17.6. The Balaban J connectivity index is 1.95. The van der Waals surface area contributed by atoms with E-state index >= 15 is 0 Å². The summed E-state index contributed by atoms with van der Waals surface area (Å²) in [5.74, 6) is -0.0620. The van der Waals surface area contributed by atoms with E-state index < -0.39 is 10.0 Å². The highest BCUT2D eigenvalue weighted by Gasteiger charge is 2.21. The normalized spacial score (nSPS) is 11.6. The summed E-state index contributed by atoms with van der Waals surface area (Å²) in [6, 6.07) is 14.5. The summed E-state index contributed by atoms with van der Waals surface area (Å²) in [5.41, 5.74) is 1.72. The van der Waals surface area contributed by atoms with Gasteiger partial charge >= 0.3 is 0 Å². The number of thioether (sulfide) groups is 1. The van der Waals surface area contributed by atoms with Crippen LogP contribution in [0.5, 0.6) is 0 Å². The molecule has 0 aliphatic carbocycles. The molecule has 5 nitrogen and oxygen atoms in total. The van der Waals surface area contributed by atoms with E-state index in [1.54, 1.807) is 36.0 Å². The molecule has 0 spiro atoms. The number of carbonyl (C=O) groups excluding carboxylic acids is 1. The van der Waals surface area contributed by atoms with Gasteiger partial charge in [-0.2, -0.15) is 4.31 Å². The van der Waals surface area contributed by atoms with Crippen LogP contribution in [0.1, 0.15) is 25.8 Å². The minimum absolute atomic E-state index is 0.0620. The Bertz CT molecular complexity index is 861. The maximum absolute atomic E-state index is 12.5. The average molecular weight is 407 g/mol. The van der Waals surface area contributed by atoms with Crippen molar-refractivity contribution in [2.45, 2.75) is 36.5 Å². The first-order valence-corrected chi connectivity index (χ1v) is 11.6. The van der Waals surface area contributed by atoms with Crippen LogP contribution in [0.3, 0.4) is 0 Å². The summed E-state index contributed by atoms with van der Waals surface area (Å²) < 4.78 is 26.4. The number of nitrogens with one attached hydrogen (secondary N) is 1. The Morgan fingerprint density at radius 3 is 2.33 bits per heavy atom. The molecule has 146 valence electrons. The number of benzene rings is 2. The van der Waals surface area contributed by atoms with E-state index in [0.29, 0.717) is 25.9 Å². The minimum atomic E-state index is -3.44. The number of rotatable bonds is 9. The number of hydrogen-bond acceptors (Lipinski definition) is 4. The number of aryl methyl sites for hydroxylation is 1. The summed E-state index contributed by atoms with van der Waals surface area (Å²) in [7, 11) is -3.44. The molecule has 0 saturated heterocycles. The fraction of sp³-hybridized carbons (Fsp3) is 0.350. The summed E-state index contributed by atoms with van der Waals surface area (Å²) in [5, 5.41) is 2.90. The molecule has 2 rings (SSSR count). The van der Waals surface area contributed by atoms with Crippen molar-refractivity contribution in [3.63, 3.8) is 0 Å². The van der Waals surface area contributed by atoms with Crippen LogP contribution in [0.2, 0.25) is 0 Å². The number of nitrogens with zero attached hydrogens (tertiary/aromatic N) is 1. The molecule has 0 saturated carbocycles. The standard InChI is InChI=1S/C20H26N2O3S2/c1-4-22(5-2)27(24,25)19-12-9-16(10-13-19)11-14-20(23)21-17-7-6-8-18(15-17)26-3/h6-10,12-13,15H,4-5,11,14H2,1-3H3,(H,21,23). The molecule has 0 aliphatic heterocycles. The Morgan fingerprint density at radius 1 is 1.07 bits per heavy atom. The molecule has 0 aliphatic rings. The first-order chi connectivity index (χ1) is 12.9. The minimum Gasteiger partial charge on any atom is -0.326 e. The lowest BCUT2D eigenvalue weighted by atomic mass is 10.1. The molecule has 1 amide bonds. The zero-order valence-electron chi connectivity index (χ0n) is 15.9. The quantitative estimate of drug-likeness (QED) is 0.639. The first kappa shape index (κ1) is 21.5. The largest absolute Gasteiger partial charge is 0.326 e. The topological polar surface area (TPSA) is 66.5 Å². The molecule has 0 bridgehead atoms. The molecule has 2 aromatic rings. The van der Waals surface area contributed by atoms with E-state index in [9.17, 15) is 13.2 Å². The van der Waals surface area contributed by atoms with Gasteiger partial charge in [0.1, 0.15) is 0 Å². The SMILES string of the molecule is CCN(CC)S(=O)(=O)c1ccc(CCC(=O)Nc2cccc(SC)c2)cc1. The Hall–Kier alpha value is -1.83. The van der Waals surface area contributed by atoms with E-state index in [1.165, 1.54) is 4.31 Å². The van der Waals surface area contributed by atoms with Gasteiger partial charge < -0.3 is 5.32 Å². The third kappa shape index (κ3) is 5.82. The van der Waals surface area contributed by atoms with Gasteiger partial charge in [0.25, 0.3) is 0 Å². The molecule has 27 heavy (non-hydrogen) atoms. The van der Waals surface area contributed by atoms with Gasteiger partial charge in [-0.25, -0.2) is 8.42 Å². The molecule has 0 aromatic heterocycles. The van der Waals surface area contributed by atoms with Gasteiger partial charge in [0.15, 0.2) is 0 Å². The molecule has 0 unspecified atom stereocenters. The Morgan fingerprint density at radius 2 is 1.74 bits per heavy atom. The highest BCUT2D eigenvalue weighted by atomic mass is 32.2. The first-order valence-electron chi connectivity index (χ1n) is 8.93. The second kappa shape index (κ2) is 9.92. The number of sulfonamides is 1. The second-order valence-corrected chi connectivity index (χ2v) is 8.83. The highest BCUT2D eigenvalue weighted by molar-refractivity contribution is 7.98. The van der Waals surface area contributed by atoms with Crippen LogP contribution >= 0.6 is 11.8 Å². The van der Waals surface area contributed by atoms with Crippen molar-refractivity contribution in [2.75, 3.05) is 24.7 Å². The van der Waals surface area contributed by atoms with Crippen LogP contribution in [-0.4, -0.2) is 38.0 Å². The van der Waals surface area contributed by atoms with Gasteiger partial charge in [0.2, 0.25) is 15.9 Å². The summed E-state index contributed by atoms with van der Waals surface area (Å²) in [4.78, 5) is 13.5. The van der Waals surface area contributed by atoms with Crippen LogP contribution in [0.4, 0.5) is 5.69 Å². The van der Waals surface area contributed by atoms with E-state index in [0.717, 1.165) is 16.1 Å². The fourth-order valence-electron chi connectivity index (χ4n) is 2.72. The maximum atomic E-state index is 12.5. The zero-order chi connectivity index (χ0) is 19.9. The number of amides is 1. The second-order valence-electron chi connectivity index (χ2n) is 6.01. The molecule has 2 aromatic carbocycles. The van der Waals surface area contributed by atoms with Crippen LogP contribution in [-0.2, 0) is 21.2 Å². The predicted octanol–water partition coefficient (Wildman–Crippen LogP) is 4.01. The van der Waals surface area contributed by atoms with Crippen molar-refractivity contribution < 1.29 is 13.2 Å². The fourth-order valence-corrected chi connectivity index (χ4v) is 4.64. The van der Waals surface area contributed by atoms with Crippen LogP contribution in [0.25, 0.3) is 0 Å². The molecular weight excluding hydrogens is 380 g/mol. The molecule has 0 fully saturated rings. The lowest BCUT2D eigenvalue weighted by Gasteiger charge is -2.18. The van der Waals surface area contributed by atoms with Gasteiger partial charge in [-0.3, -0.25) is 4.79 Å². The van der Waals surface area contributed by atoms with E-state index in [-0.39, 0.29) is 10.8 Å². The van der Waals surface area contributed by atoms with E-state index in [4.69, 9.17) is 0 Å². The third-order valence-electron chi connectivity index (χ3n) is 4.26. The Kier molecular flexibility index (Phi) is 7.89. The molecule has 1 N–H and O–H groups in total. The van der Waals surface area contributed by atoms with Crippen molar-refractivity contribution in [1.82, 2.24) is 4.31 Å². The lowest BCUT2D eigenvalue weighted by Crippen LogP contribution is -2.30. The number of hydrogen-bond donors (Lipinski definition) is 1. The van der Waals surface area contributed by atoms with Crippen molar-refractivity contribution in [2.24, 2.45) is 0 Å².